The van der Waals surface area contributed by atoms with E-state index in [1.54, 1.807) is 11.0 Å². The minimum absolute atomic E-state index is 0.0599. The Morgan fingerprint density at radius 1 is 1.21 bits per heavy atom. The van der Waals surface area contributed by atoms with Gasteiger partial charge < -0.3 is 13.8 Å². The largest absolute Gasteiger partial charge is 0.379 e. The summed E-state index contributed by atoms with van der Waals surface area (Å²) < 4.78 is 48.5. The van der Waals surface area contributed by atoms with Crippen LogP contribution in [-0.4, -0.2) is 39.5 Å². The first-order valence-corrected chi connectivity index (χ1v) is 10.8. The molecule has 1 amide bonds. The van der Waals surface area contributed by atoms with Gasteiger partial charge in [0.05, 0.1) is 0 Å². The quantitative estimate of drug-likeness (QED) is 0.555. The highest BCUT2D eigenvalue weighted by Gasteiger charge is 2.28. The number of hydrogen-bond acceptors (Lipinski definition) is 5. The third-order valence-electron chi connectivity index (χ3n) is 4.48. The molecule has 1 aliphatic carbocycles. The molecule has 2 aromatic rings. The van der Waals surface area contributed by atoms with E-state index in [9.17, 15) is 17.6 Å². The van der Waals surface area contributed by atoms with Gasteiger partial charge in [-0.1, -0.05) is 11.6 Å². The standard InChI is InChI=1S/C20H21ClFNO5S/c1-27-13-20(24)23(11-14-2-3-14)12-15-10-16(21)4-9-19(15)28-29(25,26)18-7-5-17(22)6-8-18/h4-10,14H,2-3,11-13H2,1H3. The highest BCUT2D eigenvalue weighted by molar-refractivity contribution is 7.87. The summed E-state index contributed by atoms with van der Waals surface area (Å²) in [5.41, 5.74) is 0.452. The van der Waals surface area contributed by atoms with Crippen molar-refractivity contribution in [2.45, 2.75) is 24.3 Å². The van der Waals surface area contributed by atoms with Crippen molar-refractivity contribution in [3.63, 3.8) is 0 Å². The maximum atomic E-state index is 13.1. The van der Waals surface area contributed by atoms with Gasteiger partial charge in [-0.05, 0) is 61.2 Å². The molecule has 1 aliphatic rings. The SMILES string of the molecule is COCC(=O)N(Cc1cc(Cl)ccc1OS(=O)(=O)c1ccc(F)cc1)CC1CC1. The summed E-state index contributed by atoms with van der Waals surface area (Å²) in [4.78, 5) is 13.9. The molecule has 0 aliphatic heterocycles. The Labute approximate surface area is 174 Å². The van der Waals surface area contributed by atoms with Crippen LogP contribution in [0.1, 0.15) is 18.4 Å². The van der Waals surface area contributed by atoms with Crippen molar-refractivity contribution >= 4 is 27.6 Å². The van der Waals surface area contributed by atoms with Gasteiger partial charge in [-0.2, -0.15) is 8.42 Å². The van der Waals surface area contributed by atoms with Crippen molar-refractivity contribution in [2.24, 2.45) is 5.92 Å². The van der Waals surface area contributed by atoms with Crippen LogP contribution < -0.4 is 4.18 Å². The average molecular weight is 442 g/mol. The Kier molecular flexibility index (Phi) is 6.77. The number of carbonyl (C=O) groups excluding carboxylic acids is 1. The van der Waals surface area contributed by atoms with Crippen LogP contribution in [-0.2, 0) is 26.2 Å². The molecule has 2 aromatic carbocycles. The Hall–Kier alpha value is -2.16. The number of ether oxygens (including phenoxy) is 1. The van der Waals surface area contributed by atoms with E-state index in [0.29, 0.717) is 23.0 Å². The number of halogens is 2. The molecule has 1 saturated carbocycles. The van der Waals surface area contributed by atoms with E-state index in [0.717, 1.165) is 37.1 Å². The average Bonchev–Trinajstić information content (AvgIpc) is 3.48. The summed E-state index contributed by atoms with van der Waals surface area (Å²) in [5.74, 6) is -0.262. The third-order valence-corrected chi connectivity index (χ3v) is 5.97. The molecule has 0 radical (unpaired) electrons. The van der Waals surface area contributed by atoms with Gasteiger partial charge in [-0.3, -0.25) is 4.79 Å². The zero-order chi connectivity index (χ0) is 21.0. The number of hydrogen-bond donors (Lipinski definition) is 0. The van der Waals surface area contributed by atoms with Crippen LogP contribution in [0.15, 0.2) is 47.4 Å². The summed E-state index contributed by atoms with van der Waals surface area (Å²) in [7, 11) is -2.74. The fourth-order valence-electron chi connectivity index (χ4n) is 2.81. The molecule has 156 valence electrons. The monoisotopic (exact) mass is 441 g/mol. The molecular formula is C20H21ClFNO5S. The molecule has 1 fully saturated rings. The molecule has 0 bridgehead atoms. The van der Waals surface area contributed by atoms with E-state index in [4.69, 9.17) is 20.5 Å². The Morgan fingerprint density at radius 2 is 1.90 bits per heavy atom. The lowest BCUT2D eigenvalue weighted by atomic mass is 10.1. The summed E-state index contributed by atoms with van der Waals surface area (Å²) in [6.07, 6.45) is 2.10. The van der Waals surface area contributed by atoms with Gasteiger partial charge in [0, 0.05) is 30.8 Å². The molecule has 3 rings (SSSR count). The van der Waals surface area contributed by atoms with Crippen LogP contribution in [0.25, 0.3) is 0 Å². The number of nitrogens with zero attached hydrogens (tertiary/aromatic N) is 1. The predicted octanol–water partition coefficient (Wildman–Crippen LogP) is 3.63. The lowest BCUT2D eigenvalue weighted by molar-refractivity contribution is -0.136. The zero-order valence-electron chi connectivity index (χ0n) is 15.8. The first kappa shape index (κ1) is 21.5. The van der Waals surface area contributed by atoms with Gasteiger partial charge in [0.2, 0.25) is 5.91 Å². The van der Waals surface area contributed by atoms with E-state index in [-0.39, 0.29) is 29.7 Å². The molecule has 9 heteroatoms. The van der Waals surface area contributed by atoms with Crippen LogP contribution in [0.2, 0.25) is 5.02 Å². The second-order valence-corrected chi connectivity index (χ2v) is 8.88. The molecule has 0 atom stereocenters. The third kappa shape index (κ3) is 5.91. The maximum absolute atomic E-state index is 13.1. The number of methoxy groups -OCH3 is 1. The molecule has 6 nitrogen and oxygen atoms in total. The molecule has 0 spiro atoms. The molecule has 0 aromatic heterocycles. The van der Waals surface area contributed by atoms with Crippen molar-refractivity contribution < 1.29 is 26.5 Å². The van der Waals surface area contributed by atoms with Gasteiger partial charge in [-0.15, -0.1) is 0 Å². The highest BCUT2D eigenvalue weighted by Crippen LogP contribution is 2.32. The molecule has 0 unspecified atom stereocenters. The van der Waals surface area contributed by atoms with Crippen molar-refractivity contribution in [1.82, 2.24) is 4.90 Å². The highest BCUT2D eigenvalue weighted by atomic mass is 35.5. The van der Waals surface area contributed by atoms with Crippen LogP contribution in [0.5, 0.6) is 5.75 Å². The molecule has 0 heterocycles. The molecule has 0 N–H and O–H groups in total. The van der Waals surface area contributed by atoms with E-state index < -0.39 is 15.9 Å². The second-order valence-electron chi connectivity index (χ2n) is 6.89. The van der Waals surface area contributed by atoms with E-state index >= 15 is 0 Å². The van der Waals surface area contributed by atoms with Crippen molar-refractivity contribution in [1.29, 1.82) is 0 Å². The van der Waals surface area contributed by atoms with Crippen molar-refractivity contribution in [3.8, 4) is 5.75 Å². The topological polar surface area (TPSA) is 72.9 Å². The summed E-state index contributed by atoms with van der Waals surface area (Å²) in [5, 5.41) is 0.386. The van der Waals surface area contributed by atoms with Crippen LogP contribution >= 0.6 is 11.6 Å². The Bertz CT molecular complexity index is 977. The summed E-state index contributed by atoms with van der Waals surface area (Å²) in [6, 6.07) is 8.85. The van der Waals surface area contributed by atoms with E-state index in [1.165, 1.54) is 19.2 Å². The molecule has 29 heavy (non-hydrogen) atoms. The minimum atomic E-state index is -4.18. The van der Waals surface area contributed by atoms with Crippen LogP contribution in [0, 0.1) is 11.7 Å². The predicted molar refractivity (Wildman–Crippen MR) is 106 cm³/mol. The van der Waals surface area contributed by atoms with Gasteiger partial charge >= 0.3 is 10.1 Å². The second kappa shape index (κ2) is 9.11. The van der Waals surface area contributed by atoms with Gasteiger partial charge in [0.1, 0.15) is 23.1 Å². The van der Waals surface area contributed by atoms with Crippen molar-refractivity contribution in [3.05, 3.63) is 58.9 Å². The van der Waals surface area contributed by atoms with Crippen molar-refractivity contribution in [2.75, 3.05) is 20.3 Å². The van der Waals surface area contributed by atoms with Gasteiger partial charge in [-0.25, -0.2) is 4.39 Å². The maximum Gasteiger partial charge on any atom is 0.339 e. The first-order valence-electron chi connectivity index (χ1n) is 9.03. The molecule has 0 saturated heterocycles. The minimum Gasteiger partial charge on any atom is -0.379 e. The summed E-state index contributed by atoms with van der Waals surface area (Å²) >= 11 is 6.09. The fourth-order valence-corrected chi connectivity index (χ4v) is 3.97. The van der Waals surface area contributed by atoms with Crippen LogP contribution in [0.4, 0.5) is 4.39 Å². The number of benzene rings is 2. The smallest absolute Gasteiger partial charge is 0.339 e. The van der Waals surface area contributed by atoms with Gasteiger partial charge in [0.25, 0.3) is 0 Å². The lowest BCUT2D eigenvalue weighted by Gasteiger charge is -2.24. The molecular weight excluding hydrogens is 421 g/mol. The number of rotatable bonds is 9. The normalized spacial score (nSPS) is 13.9. The fraction of sp³-hybridized carbons (Fsp3) is 0.350. The lowest BCUT2D eigenvalue weighted by Crippen LogP contribution is -2.35. The van der Waals surface area contributed by atoms with Crippen LogP contribution in [0.3, 0.4) is 0 Å². The number of amides is 1. The first-order chi connectivity index (χ1) is 13.8. The zero-order valence-corrected chi connectivity index (χ0v) is 17.4. The van der Waals surface area contributed by atoms with Gasteiger partial charge in [0.15, 0.2) is 0 Å². The Balaban J connectivity index is 1.86. The van der Waals surface area contributed by atoms with E-state index in [1.807, 2.05) is 0 Å². The summed E-state index contributed by atoms with van der Waals surface area (Å²) in [6.45, 7) is 0.615. The Morgan fingerprint density at radius 3 is 2.52 bits per heavy atom. The number of carbonyl (C=O) groups is 1. The van der Waals surface area contributed by atoms with E-state index in [2.05, 4.69) is 0 Å².